The lowest BCUT2D eigenvalue weighted by Gasteiger charge is -2.40. The Morgan fingerprint density at radius 2 is 0.925 bits per heavy atom. The molecule has 1 saturated heterocycles. The van der Waals surface area contributed by atoms with Gasteiger partial charge in [-0.25, -0.2) is 0 Å². The van der Waals surface area contributed by atoms with E-state index >= 15 is 0 Å². The Labute approximate surface area is 408 Å². The first-order chi connectivity index (χ1) is 32.8. The van der Waals surface area contributed by atoms with Crippen LogP contribution in [0.5, 0.6) is 0 Å². The number of nitrogens with one attached hydrogen (secondary N) is 1. The molecule has 7 unspecified atom stereocenters. The number of aliphatic hydroxyl groups excluding tert-OH is 5. The van der Waals surface area contributed by atoms with E-state index in [-0.39, 0.29) is 12.5 Å². The highest BCUT2D eigenvalue weighted by Crippen LogP contribution is 2.22. The predicted molar refractivity (Wildman–Crippen MR) is 280 cm³/mol. The summed E-state index contributed by atoms with van der Waals surface area (Å²) < 4.78 is 11.1. The molecule has 1 aliphatic heterocycles. The molecule has 0 bridgehead atoms. The highest BCUT2D eigenvalue weighted by Gasteiger charge is 2.44. The van der Waals surface area contributed by atoms with E-state index in [9.17, 15) is 30.3 Å². The van der Waals surface area contributed by atoms with Crippen molar-refractivity contribution in [3.8, 4) is 0 Å². The third kappa shape index (κ3) is 36.3. The average Bonchev–Trinajstić information content (AvgIpc) is 3.33. The zero-order chi connectivity index (χ0) is 48.7. The fraction of sp³-hybridized carbons (Fsp3) is 0.638. The van der Waals surface area contributed by atoms with Gasteiger partial charge in [0.05, 0.1) is 25.4 Å². The molecular weight excluding hydrogens is 839 g/mol. The van der Waals surface area contributed by atoms with Crippen LogP contribution in [0, 0.1) is 0 Å². The first-order valence-electron chi connectivity index (χ1n) is 26.3. The van der Waals surface area contributed by atoms with Crippen molar-refractivity contribution in [2.45, 2.75) is 224 Å². The lowest BCUT2D eigenvalue weighted by Crippen LogP contribution is -2.60. The summed E-state index contributed by atoms with van der Waals surface area (Å²) in [6.45, 7) is 3.52. The van der Waals surface area contributed by atoms with Crippen LogP contribution in [0.1, 0.15) is 181 Å². The van der Waals surface area contributed by atoms with Crippen LogP contribution in [0.2, 0.25) is 0 Å². The normalized spacial score (nSPS) is 20.7. The Morgan fingerprint density at radius 3 is 1.37 bits per heavy atom. The summed E-state index contributed by atoms with van der Waals surface area (Å²) in [7, 11) is 0. The van der Waals surface area contributed by atoms with Crippen LogP contribution < -0.4 is 5.32 Å². The van der Waals surface area contributed by atoms with Gasteiger partial charge in [-0.1, -0.05) is 206 Å². The Hall–Kier alpha value is -3.41. The molecule has 67 heavy (non-hydrogen) atoms. The van der Waals surface area contributed by atoms with Gasteiger partial charge in [0.25, 0.3) is 0 Å². The van der Waals surface area contributed by atoms with Crippen LogP contribution in [-0.2, 0) is 14.3 Å². The summed E-state index contributed by atoms with van der Waals surface area (Å²) in [4.78, 5) is 12.9. The SMILES string of the molecule is CC/C=C\C/C=C\C/C=C\C/C=C\C/C=C\C/C=C\C/C=C\C/C=C\C/C=C\CCCCCCCCCCCCCC(=O)NC(COC1OC(CO)C(O)C(O)C1O)C(O)/C=C/CCCCC. The minimum Gasteiger partial charge on any atom is -0.394 e. The Bertz CT molecular complexity index is 1460. The molecule has 0 aromatic heterocycles. The summed E-state index contributed by atoms with van der Waals surface area (Å²) in [6, 6.07) is -0.809. The van der Waals surface area contributed by atoms with E-state index in [1.54, 1.807) is 6.08 Å². The minimum absolute atomic E-state index is 0.194. The summed E-state index contributed by atoms with van der Waals surface area (Å²) in [6.07, 6.45) is 63.2. The first-order valence-corrected chi connectivity index (χ1v) is 26.3. The molecule has 0 aromatic rings. The molecule has 1 rings (SSSR count). The van der Waals surface area contributed by atoms with Gasteiger partial charge in [0.1, 0.15) is 24.4 Å². The van der Waals surface area contributed by atoms with E-state index in [2.05, 4.69) is 129 Å². The van der Waals surface area contributed by atoms with Crippen LogP contribution >= 0.6 is 0 Å². The molecule has 1 amide bonds. The largest absolute Gasteiger partial charge is 0.394 e. The van der Waals surface area contributed by atoms with E-state index in [1.165, 1.54) is 51.4 Å². The number of carbonyl (C=O) groups excluding carboxylic acids is 1. The molecule has 1 fully saturated rings. The molecule has 9 heteroatoms. The Morgan fingerprint density at radius 1 is 0.522 bits per heavy atom. The van der Waals surface area contributed by atoms with E-state index in [0.29, 0.717) is 6.42 Å². The van der Waals surface area contributed by atoms with Gasteiger partial charge in [0.2, 0.25) is 5.91 Å². The summed E-state index contributed by atoms with van der Waals surface area (Å²) >= 11 is 0. The smallest absolute Gasteiger partial charge is 0.220 e. The van der Waals surface area contributed by atoms with Gasteiger partial charge in [-0.2, -0.15) is 0 Å². The van der Waals surface area contributed by atoms with Crippen LogP contribution in [0.25, 0.3) is 0 Å². The lowest BCUT2D eigenvalue weighted by molar-refractivity contribution is -0.302. The second-order valence-corrected chi connectivity index (χ2v) is 17.6. The van der Waals surface area contributed by atoms with Gasteiger partial charge in [0, 0.05) is 6.42 Å². The standard InChI is InChI=1S/C58H95NO8/c1-3-5-7-9-10-11-12-13-14-15-16-17-18-19-20-21-22-23-24-25-26-27-28-29-30-31-32-33-34-35-36-37-38-39-40-41-42-44-46-48-54(62)59-51(52(61)47-45-43-8-6-4-2)50-66-58-57(65)56(64)55(63)53(49-60)67-58/h5,7,10-11,13-14,16-17,19-20,22-23,25-26,28-29,31-32,45,47,51-53,55-58,60-61,63-65H,3-4,6,8-9,12,15,18,21,24,27,30,33-44,46,48-50H2,1-2H3,(H,59,62)/b7-5-,11-10-,14-13-,17-16-,20-19-,23-22-,26-25-,29-28-,32-31-,47-45+. The summed E-state index contributed by atoms with van der Waals surface area (Å²) in [5.41, 5.74) is 0. The molecule has 6 N–H and O–H groups in total. The monoisotopic (exact) mass is 934 g/mol. The number of carbonyl (C=O) groups is 1. The number of aliphatic hydroxyl groups is 5. The van der Waals surface area contributed by atoms with Gasteiger partial charge in [-0.05, 0) is 89.9 Å². The van der Waals surface area contributed by atoms with Gasteiger partial charge in [-0.3, -0.25) is 4.79 Å². The van der Waals surface area contributed by atoms with Crippen molar-refractivity contribution in [3.05, 3.63) is 122 Å². The quantitative estimate of drug-likeness (QED) is 0.0262. The first kappa shape index (κ1) is 61.6. The molecule has 1 aliphatic rings. The summed E-state index contributed by atoms with van der Waals surface area (Å²) in [5.74, 6) is -0.194. The van der Waals surface area contributed by atoms with Crippen molar-refractivity contribution in [2.24, 2.45) is 0 Å². The maximum Gasteiger partial charge on any atom is 0.220 e. The fourth-order valence-electron chi connectivity index (χ4n) is 7.38. The topological polar surface area (TPSA) is 149 Å². The molecule has 0 spiro atoms. The van der Waals surface area contributed by atoms with Gasteiger partial charge < -0.3 is 40.3 Å². The molecule has 0 radical (unpaired) electrons. The zero-order valence-electron chi connectivity index (χ0n) is 41.8. The number of hydrogen-bond acceptors (Lipinski definition) is 8. The highest BCUT2D eigenvalue weighted by atomic mass is 16.7. The number of ether oxygens (including phenoxy) is 2. The molecular formula is C58H95NO8. The zero-order valence-corrected chi connectivity index (χ0v) is 41.8. The fourth-order valence-corrected chi connectivity index (χ4v) is 7.38. The van der Waals surface area contributed by atoms with Crippen molar-refractivity contribution >= 4 is 5.91 Å². The summed E-state index contributed by atoms with van der Waals surface area (Å²) in [5, 5.41) is 53.8. The van der Waals surface area contributed by atoms with E-state index in [0.717, 1.165) is 109 Å². The Balaban J connectivity index is 2.05. The highest BCUT2D eigenvalue weighted by molar-refractivity contribution is 5.76. The second kappa shape index (κ2) is 46.3. The van der Waals surface area contributed by atoms with Crippen molar-refractivity contribution in [1.29, 1.82) is 0 Å². The lowest BCUT2D eigenvalue weighted by atomic mass is 9.99. The number of amides is 1. The van der Waals surface area contributed by atoms with Gasteiger partial charge in [-0.15, -0.1) is 0 Å². The number of rotatable bonds is 42. The molecule has 9 nitrogen and oxygen atoms in total. The number of hydrogen-bond donors (Lipinski definition) is 6. The van der Waals surface area contributed by atoms with Crippen LogP contribution in [0.4, 0.5) is 0 Å². The maximum absolute atomic E-state index is 12.9. The number of allylic oxidation sites excluding steroid dienone is 19. The van der Waals surface area contributed by atoms with E-state index < -0.39 is 49.5 Å². The van der Waals surface area contributed by atoms with Crippen molar-refractivity contribution in [1.82, 2.24) is 5.32 Å². The minimum atomic E-state index is -1.57. The van der Waals surface area contributed by atoms with Crippen LogP contribution in [0.3, 0.4) is 0 Å². The molecule has 380 valence electrons. The van der Waals surface area contributed by atoms with Crippen molar-refractivity contribution in [3.63, 3.8) is 0 Å². The van der Waals surface area contributed by atoms with Gasteiger partial charge >= 0.3 is 0 Å². The van der Waals surface area contributed by atoms with E-state index in [4.69, 9.17) is 9.47 Å². The average molecular weight is 934 g/mol. The number of unbranched alkanes of at least 4 members (excludes halogenated alkanes) is 14. The molecule has 0 saturated carbocycles. The molecule has 7 atom stereocenters. The Kier molecular flexibility index (Phi) is 42.6. The molecule has 1 heterocycles. The second-order valence-electron chi connectivity index (χ2n) is 17.6. The third-order valence-corrected chi connectivity index (χ3v) is 11.5. The van der Waals surface area contributed by atoms with Crippen LogP contribution in [0.15, 0.2) is 122 Å². The molecule has 0 aromatic carbocycles. The maximum atomic E-state index is 12.9. The predicted octanol–water partition coefficient (Wildman–Crippen LogP) is 12.4. The van der Waals surface area contributed by atoms with Gasteiger partial charge in [0.15, 0.2) is 6.29 Å². The van der Waals surface area contributed by atoms with E-state index in [1.807, 2.05) is 6.08 Å². The van der Waals surface area contributed by atoms with Crippen molar-refractivity contribution < 1.29 is 39.8 Å². The van der Waals surface area contributed by atoms with Crippen molar-refractivity contribution in [2.75, 3.05) is 13.2 Å². The van der Waals surface area contributed by atoms with Crippen LogP contribution in [-0.4, -0.2) is 87.5 Å². The molecule has 0 aliphatic carbocycles. The third-order valence-electron chi connectivity index (χ3n) is 11.5.